The van der Waals surface area contributed by atoms with Gasteiger partial charge >= 0.3 is 0 Å². The van der Waals surface area contributed by atoms with Crippen molar-refractivity contribution < 1.29 is 4.74 Å². The highest BCUT2D eigenvalue weighted by Gasteiger charge is 2.15. The van der Waals surface area contributed by atoms with Gasteiger partial charge in [0.2, 0.25) is 0 Å². The molecule has 1 aliphatic rings. The van der Waals surface area contributed by atoms with Crippen LogP contribution in [-0.2, 0) is 0 Å². The molecular formula is C8H9IN2O. The van der Waals surface area contributed by atoms with Gasteiger partial charge in [-0.3, -0.25) is 0 Å². The van der Waals surface area contributed by atoms with Crippen LogP contribution < -0.4 is 9.64 Å². The number of pyridine rings is 1. The lowest BCUT2D eigenvalue weighted by Gasteiger charge is -2.26. The van der Waals surface area contributed by atoms with Crippen molar-refractivity contribution in [3.05, 3.63) is 15.8 Å². The van der Waals surface area contributed by atoms with E-state index < -0.39 is 0 Å². The normalized spacial score (nSPS) is 15.3. The van der Waals surface area contributed by atoms with Gasteiger partial charge in [0.1, 0.15) is 6.61 Å². The monoisotopic (exact) mass is 276 g/mol. The van der Waals surface area contributed by atoms with Gasteiger partial charge in [-0.15, -0.1) is 0 Å². The maximum Gasteiger partial charge on any atom is 0.171 e. The Kier molecular flexibility index (Phi) is 2.08. The van der Waals surface area contributed by atoms with Gasteiger partial charge in [0, 0.05) is 16.8 Å². The number of ether oxygens (including phenoxy) is 1. The maximum atomic E-state index is 5.47. The van der Waals surface area contributed by atoms with E-state index in [-0.39, 0.29) is 0 Å². The van der Waals surface area contributed by atoms with Crippen LogP contribution in [0.4, 0.5) is 5.82 Å². The molecule has 0 atom stereocenters. The second kappa shape index (κ2) is 3.08. The molecule has 0 aromatic carbocycles. The molecule has 4 heteroatoms. The first-order valence-electron chi connectivity index (χ1n) is 3.77. The van der Waals surface area contributed by atoms with Crippen LogP contribution in [0.5, 0.6) is 5.75 Å². The molecule has 12 heavy (non-hydrogen) atoms. The van der Waals surface area contributed by atoms with Crippen molar-refractivity contribution in [2.75, 3.05) is 25.1 Å². The van der Waals surface area contributed by atoms with Crippen molar-refractivity contribution in [2.45, 2.75) is 0 Å². The Morgan fingerprint density at radius 1 is 1.67 bits per heavy atom. The summed E-state index contributed by atoms with van der Waals surface area (Å²) in [6.45, 7) is 1.67. The predicted molar refractivity (Wildman–Crippen MR) is 55.7 cm³/mol. The number of likely N-dealkylation sites (N-methyl/N-ethyl adjacent to an activating group) is 1. The van der Waals surface area contributed by atoms with E-state index >= 15 is 0 Å². The zero-order chi connectivity index (χ0) is 8.55. The molecule has 0 amide bonds. The smallest absolute Gasteiger partial charge is 0.171 e. The van der Waals surface area contributed by atoms with Crippen molar-refractivity contribution in [3.63, 3.8) is 0 Å². The van der Waals surface area contributed by atoms with Gasteiger partial charge in [-0.25, -0.2) is 4.98 Å². The first-order valence-corrected chi connectivity index (χ1v) is 4.85. The van der Waals surface area contributed by atoms with E-state index in [1.54, 1.807) is 0 Å². The molecule has 0 N–H and O–H groups in total. The zero-order valence-corrected chi connectivity index (χ0v) is 8.91. The number of halogens is 1. The number of hydrogen-bond donors (Lipinski definition) is 0. The number of nitrogens with zero attached hydrogens (tertiary/aromatic N) is 2. The largest absolute Gasteiger partial charge is 0.488 e. The van der Waals surface area contributed by atoms with Crippen LogP contribution >= 0.6 is 22.6 Å². The summed E-state index contributed by atoms with van der Waals surface area (Å²) in [5, 5.41) is 0. The van der Waals surface area contributed by atoms with E-state index in [1.165, 1.54) is 0 Å². The Morgan fingerprint density at radius 3 is 3.33 bits per heavy atom. The molecular weight excluding hydrogens is 267 g/mol. The zero-order valence-electron chi connectivity index (χ0n) is 6.75. The molecule has 0 saturated carbocycles. The number of rotatable bonds is 0. The lowest BCUT2D eigenvalue weighted by Crippen LogP contribution is -2.29. The highest BCUT2D eigenvalue weighted by atomic mass is 127. The third kappa shape index (κ3) is 1.35. The minimum absolute atomic E-state index is 0.755. The lowest BCUT2D eigenvalue weighted by atomic mass is 10.3. The van der Waals surface area contributed by atoms with Crippen LogP contribution in [0, 0.1) is 3.57 Å². The fourth-order valence-electron chi connectivity index (χ4n) is 1.20. The summed E-state index contributed by atoms with van der Waals surface area (Å²) < 4.78 is 6.58. The number of aromatic nitrogens is 1. The van der Waals surface area contributed by atoms with Crippen LogP contribution in [0.3, 0.4) is 0 Å². The standard InChI is InChI=1S/C8H9IN2O/c1-11-2-3-12-7-4-6(9)5-10-8(7)11/h4-5H,2-3H2,1H3. The first kappa shape index (κ1) is 8.10. The summed E-state index contributed by atoms with van der Waals surface area (Å²) in [5.41, 5.74) is 0. The predicted octanol–water partition coefficient (Wildman–Crippen LogP) is 1.51. The van der Waals surface area contributed by atoms with Crippen LogP contribution in [0.1, 0.15) is 0 Å². The molecule has 0 aliphatic carbocycles. The lowest BCUT2D eigenvalue weighted by molar-refractivity contribution is 0.308. The van der Waals surface area contributed by atoms with Crippen LogP contribution in [0.25, 0.3) is 0 Å². The first-order chi connectivity index (χ1) is 5.77. The van der Waals surface area contributed by atoms with E-state index in [0.29, 0.717) is 0 Å². The Morgan fingerprint density at radius 2 is 2.50 bits per heavy atom. The molecule has 2 heterocycles. The third-order valence-corrected chi connectivity index (χ3v) is 2.44. The summed E-state index contributed by atoms with van der Waals surface area (Å²) in [5.74, 6) is 1.84. The SMILES string of the molecule is CN1CCOc2cc(I)cnc21. The molecule has 1 aliphatic heterocycles. The van der Waals surface area contributed by atoms with E-state index in [4.69, 9.17) is 4.74 Å². The molecule has 0 bridgehead atoms. The van der Waals surface area contributed by atoms with Crippen LogP contribution in [0.2, 0.25) is 0 Å². The summed E-state index contributed by atoms with van der Waals surface area (Å²) in [6.07, 6.45) is 1.85. The molecule has 0 saturated heterocycles. The van der Waals surface area contributed by atoms with Crippen molar-refractivity contribution >= 4 is 28.4 Å². The number of hydrogen-bond acceptors (Lipinski definition) is 3. The quantitative estimate of drug-likeness (QED) is 0.672. The summed E-state index contributed by atoms with van der Waals surface area (Å²) in [4.78, 5) is 6.40. The summed E-state index contributed by atoms with van der Waals surface area (Å²) in [6, 6.07) is 2.01. The van der Waals surface area contributed by atoms with Crippen LogP contribution in [0.15, 0.2) is 12.3 Å². The van der Waals surface area contributed by atoms with Crippen LogP contribution in [-0.4, -0.2) is 25.2 Å². The maximum absolute atomic E-state index is 5.47. The van der Waals surface area contributed by atoms with Gasteiger partial charge < -0.3 is 9.64 Å². The van der Waals surface area contributed by atoms with Crippen molar-refractivity contribution in [2.24, 2.45) is 0 Å². The molecule has 0 fully saturated rings. The minimum atomic E-state index is 0.755. The van der Waals surface area contributed by atoms with Gasteiger partial charge in [-0.05, 0) is 28.7 Å². The summed E-state index contributed by atoms with van der Waals surface area (Å²) >= 11 is 2.23. The molecule has 64 valence electrons. The Labute approximate surface area is 84.9 Å². The van der Waals surface area contributed by atoms with Gasteiger partial charge in [0.05, 0.1) is 6.54 Å². The summed E-state index contributed by atoms with van der Waals surface area (Å²) in [7, 11) is 2.03. The Hall–Kier alpha value is -0.520. The van der Waals surface area contributed by atoms with Gasteiger partial charge in [-0.2, -0.15) is 0 Å². The molecule has 2 rings (SSSR count). The Balaban J connectivity index is 2.46. The Bertz CT molecular complexity index is 303. The average molecular weight is 276 g/mol. The van der Waals surface area contributed by atoms with E-state index in [2.05, 4.69) is 32.5 Å². The van der Waals surface area contributed by atoms with Crippen molar-refractivity contribution in [1.29, 1.82) is 0 Å². The number of anilines is 1. The topological polar surface area (TPSA) is 25.4 Å². The van der Waals surface area contributed by atoms with Gasteiger partial charge in [0.15, 0.2) is 11.6 Å². The molecule has 0 unspecified atom stereocenters. The van der Waals surface area contributed by atoms with Gasteiger partial charge in [0.25, 0.3) is 0 Å². The fourth-order valence-corrected chi connectivity index (χ4v) is 1.63. The molecule has 1 aromatic heterocycles. The fraction of sp³-hybridized carbons (Fsp3) is 0.375. The number of fused-ring (bicyclic) bond motifs is 1. The molecule has 1 aromatic rings. The molecule has 0 spiro atoms. The highest BCUT2D eigenvalue weighted by Crippen LogP contribution is 2.28. The highest BCUT2D eigenvalue weighted by molar-refractivity contribution is 14.1. The van der Waals surface area contributed by atoms with Crippen molar-refractivity contribution in [3.8, 4) is 5.75 Å². The van der Waals surface area contributed by atoms with Crippen molar-refractivity contribution in [1.82, 2.24) is 4.98 Å². The van der Waals surface area contributed by atoms with Gasteiger partial charge in [-0.1, -0.05) is 0 Å². The third-order valence-electron chi connectivity index (χ3n) is 1.85. The average Bonchev–Trinajstić information content (AvgIpc) is 2.04. The van der Waals surface area contributed by atoms with E-state index in [9.17, 15) is 0 Å². The van der Waals surface area contributed by atoms with E-state index in [1.807, 2.05) is 19.3 Å². The second-order valence-corrected chi connectivity index (χ2v) is 3.99. The minimum Gasteiger partial charge on any atom is -0.488 e. The second-order valence-electron chi connectivity index (χ2n) is 2.75. The molecule has 3 nitrogen and oxygen atoms in total. The molecule has 0 radical (unpaired) electrons. The van der Waals surface area contributed by atoms with E-state index in [0.717, 1.165) is 28.3 Å².